The van der Waals surface area contributed by atoms with E-state index in [0.29, 0.717) is 37.3 Å². The molecular weight excluding hydrogens is 763 g/mol. The maximum atomic E-state index is 12.9. The van der Waals surface area contributed by atoms with E-state index in [2.05, 4.69) is 15.0 Å². The van der Waals surface area contributed by atoms with E-state index < -0.39 is 0 Å². The Labute approximate surface area is 358 Å². The number of nitrogens with zero attached hydrogens (tertiary/aromatic N) is 5. The number of phenolic OH excluding ortho intramolecular Hbond substituents is 3. The molecular formula is C51H53N5O5. The van der Waals surface area contributed by atoms with Crippen molar-refractivity contribution in [3.05, 3.63) is 190 Å². The number of phenols is 3. The molecule has 0 bridgehead atoms. The molecule has 2 aliphatic heterocycles. The van der Waals surface area contributed by atoms with Crippen LogP contribution in [0.15, 0.2) is 145 Å². The lowest BCUT2D eigenvalue weighted by Crippen LogP contribution is -2.36. The first-order chi connectivity index (χ1) is 29.6. The molecule has 0 saturated carbocycles. The summed E-state index contributed by atoms with van der Waals surface area (Å²) < 4.78 is 0. The summed E-state index contributed by atoms with van der Waals surface area (Å²) in [4.78, 5) is 42.0. The van der Waals surface area contributed by atoms with Crippen LogP contribution >= 0.6 is 0 Å². The average Bonchev–Trinajstić information content (AvgIpc) is 3.28. The molecule has 0 radical (unpaired) electrons. The third-order valence-electron chi connectivity index (χ3n) is 10.6. The molecule has 2 amide bonds. The highest BCUT2D eigenvalue weighted by molar-refractivity contribution is 5.95. The highest BCUT2D eigenvalue weighted by atomic mass is 16.3. The predicted molar refractivity (Wildman–Crippen MR) is 240 cm³/mol. The molecule has 3 aromatic heterocycles. The van der Waals surface area contributed by atoms with Crippen LogP contribution in [0, 0.1) is 13.8 Å². The number of piperidine rings is 2. The highest BCUT2D eigenvalue weighted by Gasteiger charge is 2.25. The number of carbonyl (C=O) groups excluding carboxylic acids is 2. The number of carbonyl (C=O) groups is 2. The molecule has 3 aromatic carbocycles. The van der Waals surface area contributed by atoms with E-state index in [4.69, 9.17) is 0 Å². The molecule has 0 atom stereocenters. The third kappa shape index (κ3) is 11.2. The number of likely N-dealkylation sites (tertiary alicyclic amines) is 2. The van der Waals surface area contributed by atoms with Gasteiger partial charge in [0.25, 0.3) is 11.8 Å². The van der Waals surface area contributed by atoms with Gasteiger partial charge >= 0.3 is 0 Å². The van der Waals surface area contributed by atoms with Crippen molar-refractivity contribution < 1.29 is 24.9 Å². The standard InChI is InChI=1S/C25H24N2O3.C24H23N3O2.C2H6/c1-17-12-21(16-26-15-17)25(30)27-10-8-18(9-11-27)24(19-4-2-6-22(28)13-19)20-5-3-7-23(29)14-20;1-17-12-21(16-26-14-17)24(29)27-10-7-18(8-11-27)23(20-5-3-9-25-15-20)19-4-2-6-22(28)13-19;1-2/h2-7,12-16,28-29H,8-11H2,1H3;2-6,9,12-16,28H,7-8,10-11H2,1H3;1-2H3. The zero-order valence-corrected chi connectivity index (χ0v) is 35.3. The summed E-state index contributed by atoms with van der Waals surface area (Å²) >= 11 is 0. The normalized spacial score (nSPS) is 13.6. The molecule has 2 aliphatic rings. The number of hydrogen-bond acceptors (Lipinski definition) is 8. The van der Waals surface area contributed by atoms with Gasteiger partial charge in [0.15, 0.2) is 0 Å². The quantitative estimate of drug-likeness (QED) is 0.151. The topological polar surface area (TPSA) is 140 Å². The summed E-state index contributed by atoms with van der Waals surface area (Å²) in [6.45, 7) is 10.4. The Morgan fingerprint density at radius 1 is 0.459 bits per heavy atom. The summed E-state index contributed by atoms with van der Waals surface area (Å²) in [6.07, 6.45) is 13.4. The largest absolute Gasteiger partial charge is 0.508 e. The second kappa shape index (κ2) is 20.8. The van der Waals surface area contributed by atoms with Gasteiger partial charge in [0.05, 0.1) is 11.1 Å². The molecule has 5 heterocycles. The van der Waals surface area contributed by atoms with E-state index in [1.54, 1.807) is 67.4 Å². The van der Waals surface area contributed by atoms with E-state index in [1.807, 2.05) is 104 Å². The van der Waals surface area contributed by atoms with Gasteiger partial charge in [-0.25, -0.2) is 0 Å². The van der Waals surface area contributed by atoms with Crippen LogP contribution in [0.2, 0.25) is 0 Å². The lowest BCUT2D eigenvalue weighted by Gasteiger charge is -2.30. The molecule has 8 rings (SSSR count). The molecule has 61 heavy (non-hydrogen) atoms. The number of benzene rings is 3. The minimum atomic E-state index is 0.00140. The highest BCUT2D eigenvalue weighted by Crippen LogP contribution is 2.36. The number of amides is 2. The maximum absolute atomic E-state index is 12.9. The first-order valence-electron chi connectivity index (χ1n) is 20.8. The predicted octanol–water partition coefficient (Wildman–Crippen LogP) is 9.79. The monoisotopic (exact) mass is 815 g/mol. The zero-order valence-electron chi connectivity index (χ0n) is 35.3. The minimum Gasteiger partial charge on any atom is -0.508 e. The Balaban J connectivity index is 0.000000196. The summed E-state index contributed by atoms with van der Waals surface area (Å²) in [5.41, 5.74) is 11.6. The second-order valence-electron chi connectivity index (χ2n) is 14.9. The Hall–Kier alpha value is -7.07. The van der Waals surface area contributed by atoms with Crippen LogP contribution in [0.1, 0.15) is 93.6 Å². The van der Waals surface area contributed by atoms with Crippen LogP contribution < -0.4 is 0 Å². The molecule has 312 valence electrons. The molecule has 10 heteroatoms. The van der Waals surface area contributed by atoms with Crippen LogP contribution in [0.5, 0.6) is 17.2 Å². The van der Waals surface area contributed by atoms with Crippen LogP contribution in [0.4, 0.5) is 0 Å². The van der Waals surface area contributed by atoms with E-state index in [9.17, 15) is 24.9 Å². The third-order valence-corrected chi connectivity index (χ3v) is 10.6. The Morgan fingerprint density at radius 2 is 0.820 bits per heavy atom. The van der Waals surface area contributed by atoms with Crippen molar-refractivity contribution in [3.63, 3.8) is 0 Å². The van der Waals surface area contributed by atoms with Gasteiger partial charge < -0.3 is 25.1 Å². The number of pyridine rings is 3. The molecule has 10 nitrogen and oxygen atoms in total. The summed E-state index contributed by atoms with van der Waals surface area (Å²) in [7, 11) is 0. The second-order valence-corrected chi connectivity index (χ2v) is 14.9. The molecule has 0 aliphatic carbocycles. The van der Waals surface area contributed by atoms with Crippen molar-refractivity contribution in [2.75, 3.05) is 26.2 Å². The minimum absolute atomic E-state index is 0.00140. The van der Waals surface area contributed by atoms with Crippen molar-refractivity contribution >= 4 is 23.0 Å². The van der Waals surface area contributed by atoms with Crippen LogP contribution in [0.25, 0.3) is 11.1 Å². The number of aryl methyl sites for hydroxylation is 2. The molecule has 0 unspecified atom stereocenters. The number of rotatable bonds is 6. The summed E-state index contributed by atoms with van der Waals surface area (Å²) in [5, 5.41) is 30.0. The van der Waals surface area contributed by atoms with Gasteiger partial charge in [0.1, 0.15) is 17.2 Å². The van der Waals surface area contributed by atoms with E-state index in [1.165, 1.54) is 11.1 Å². The van der Waals surface area contributed by atoms with Gasteiger partial charge in [-0.15, -0.1) is 0 Å². The number of aromatic nitrogens is 3. The van der Waals surface area contributed by atoms with Gasteiger partial charge in [0.2, 0.25) is 0 Å². The fourth-order valence-corrected chi connectivity index (χ4v) is 7.81. The molecule has 6 aromatic rings. The first kappa shape index (κ1) is 43.5. The fraction of sp³-hybridized carbons (Fsp3) is 0.235. The summed E-state index contributed by atoms with van der Waals surface area (Å²) in [6, 6.07) is 29.3. The SMILES string of the molecule is CC.Cc1cncc(C(=O)N2CCC(=C(c3cccc(O)c3)c3cccc(O)c3)CC2)c1.Cc1cncc(C(=O)N2CCC(=C(c3cccnc3)c3cccc(O)c3)CC2)c1. The lowest BCUT2D eigenvalue weighted by molar-refractivity contribution is 0.0735. The fourth-order valence-electron chi connectivity index (χ4n) is 7.81. The van der Waals surface area contributed by atoms with Gasteiger partial charge in [-0.2, -0.15) is 0 Å². The Morgan fingerprint density at radius 3 is 1.16 bits per heavy atom. The number of hydrogen-bond donors (Lipinski definition) is 3. The van der Waals surface area contributed by atoms with E-state index in [-0.39, 0.29) is 29.1 Å². The lowest BCUT2D eigenvalue weighted by atomic mass is 9.88. The smallest absolute Gasteiger partial charge is 0.255 e. The summed E-state index contributed by atoms with van der Waals surface area (Å²) in [5.74, 6) is 0.668. The van der Waals surface area contributed by atoms with E-state index >= 15 is 0 Å². The maximum Gasteiger partial charge on any atom is 0.255 e. The van der Waals surface area contributed by atoms with Crippen molar-refractivity contribution in [3.8, 4) is 17.2 Å². The van der Waals surface area contributed by atoms with Crippen molar-refractivity contribution in [1.82, 2.24) is 24.8 Å². The van der Waals surface area contributed by atoms with Crippen molar-refractivity contribution in [2.45, 2.75) is 53.4 Å². The average molecular weight is 816 g/mol. The van der Waals surface area contributed by atoms with Crippen molar-refractivity contribution in [1.29, 1.82) is 0 Å². The molecule has 2 fully saturated rings. The van der Waals surface area contributed by atoms with Gasteiger partial charge in [-0.1, -0.05) is 67.5 Å². The van der Waals surface area contributed by atoms with Crippen LogP contribution in [0.3, 0.4) is 0 Å². The Kier molecular flexibility index (Phi) is 14.8. The zero-order chi connectivity index (χ0) is 43.3. The van der Waals surface area contributed by atoms with Crippen LogP contribution in [-0.4, -0.2) is 78.1 Å². The Bertz CT molecular complexity index is 2470. The van der Waals surface area contributed by atoms with Gasteiger partial charge in [0, 0.05) is 68.9 Å². The number of aromatic hydroxyl groups is 3. The van der Waals surface area contributed by atoms with E-state index in [0.717, 1.165) is 70.2 Å². The first-order valence-corrected chi connectivity index (χ1v) is 20.8. The molecule has 3 N–H and O–H groups in total. The molecule has 2 saturated heterocycles. The van der Waals surface area contributed by atoms with Gasteiger partial charge in [-0.05, 0) is 133 Å². The van der Waals surface area contributed by atoms with Gasteiger partial charge in [-0.3, -0.25) is 24.5 Å². The van der Waals surface area contributed by atoms with Crippen molar-refractivity contribution in [2.24, 2.45) is 0 Å². The van der Waals surface area contributed by atoms with Crippen LogP contribution in [-0.2, 0) is 0 Å². The molecule has 0 spiro atoms.